The average Bonchev–Trinajstić information content (AvgIpc) is 2.49. The predicted molar refractivity (Wildman–Crippen MR) is 83.1 cm³/mol. The van der Waals surface area contributed by atoms with Crippen molar-refractivity contribution < 1.29 is 9.18 Å². The van der Waals surface area contributed by atoms with Crippen LogP contribution in [0.1, 0.15) is 36.0 Å². The fraction of sp³-hybridized carbons (Fsp3) is 0.588. The molecule has 0 unspecified atom stereocenters. The summed E-state index contributed by atoms with van der Waals surface area (Å²) in [5.74, 6) is 0.586. The number of carbonyl (C=O) groups excluding carboxylic acids is 1. The zero-order chi connectivity index (χ0) is 15.1. The van der Waals surface area contributed by atoms with Crippen LogP contribution in [0.25, 0.3) is 0 Å². The highest BCUT2D eigenvalue weighted by Gasteiger charge is 2.15. The van der Waals surface area contributed by atoms with Gasteiger partial charge in [-0.3, -0.25) is 4.79 Å². The van der Waals surface area contributed by atoms with E-state index in [0.29, 0.717) is 12.0 Å². The van der Waals surface area contributed by atoms with Gasteiger partial charge in [0, 0.05) is 18.5 Å². The molecule has 4 heteroatoms. The number of nitrogens with zero attached hydrogens (tertiary/aromatic N) is 1. The van der Waals surface area contributed by atoms with E-state index in [1.807, 2.05) is 0 Å². The molecule has 0 spiro atoms. The van der Waals surface area contributed by atoms with Gasteiger partial charge in [0.05, 0.1) is 0 Å². The summed E-state index contributed by atoms with van der Waals surface area (Å²) in [5, 5.41) is 3.38. The number of ketones is 1. The van der Waals surface area contributed by atoms with Crippen LogP contribution in [0.4, 0.5) is 4.39 Å². The van der Waals surface area contributed by atoms with Crippen LogP contribution in [0, 0.1) is 11.7 Å². The SMILES string of the molecule is CN(CCCC(=O)c1ccc(F)cc1)CC1CCNCC1. The van der Waals surface area contributed by atoms with Gasteiger partial charge >= 0.3 is 0 Å². The van der Waals surface area contributed by atoms with Crippen molar-refractivity contribution in [3.63, 3.8) is 0 Å². The zero-order valence-corrected chi connectivity index (χ0v) is 12.8. The lowest BCUT2D eigenvalue weighted by Crippen LogP contribution is -2.35. The van der Waals surface area contributed by atoms with Gasteiger partial charge in [-0.2, -0.15) is 0 Å². The van der Waals surface area contributed by atoms with Crippen molar-refractivity contribution in [3.05, 3.63) is 35.6 Å². The molecule has 1 heterocycles. The standard InChI is InChI=1S/C17H25FN2O/c1-20(13-14-8-10-19-11-9-14)12-2-3-17(21)15-4-6-16(18)7-5-15/h4-7,14,19H,2-3,8-13H2,1H3. The first-order valence-electron chi connectivity index (χ1n) is 7.83. The highest BCUT2D eigenvalue weighted by atomic mass is 19.1. The van der Waals surface area contributed by atoms with Gasteiger partial charge in [0.1, 0.15) is 5.82 Å². The zero-order valence-electron chi connectivity index (χ0n) is 12.8. The van der Waals surface area contributed by atoms with E-state index in [9.17, 15) is 9.18 Å². The Labute approximate surface area is 126 Å². The molecule has 1 aliphatic heterocycles. The molecule has 21 heavy (non-hydrogen) atoms. The Hall–Kier alpha value is -1.26. The van der Waals surface area contributed by atoms with Gasteiger partial charge < -0.3 is 10.2 Å². The Bertz CT molecular complexity index is 441. The van der Waals surface area contributed by atoms with Crippen molar-refractivity contribution in [2.24, 2.45) is 5.92 Å². The number of Topliss-reactive ketones (excluding diaryl/α,β-unsaturated/α-hetero) is 1. The lowest BCUT2D eigenvalue weighted by atomic mass is 9.97. The Balaban J connectivity index is 1.66. The minimum absolute atomic E-state index is 0.102. The third-order valence-electron chi connectivity index (χ3n) is 4.14. The summed E-state index contributed by atoms with van der Waals surface area (Å²) in [7, 11) is 2.13. The summed E-state index contributed by atoms with van der Waals surface area (Å²) in [6, 6.07) is 5.82. The number of piperidine rings is 1. The van der Waals surface area contributed by atoms with Gasteiger partial charge in [-0.25, -0.2) is 4.39 Å². The van der Waals surface area contributed by atoms with Crippen molar-refractivity contribution in [1.82, 2.24) is 10.2 Å². The first kappa shape index (κ1) is 16.1. The van der Waals surface area contributed by atoms with Crippen LogP contribution in [0.3, 0.4) is 0 Å². The van der Waals surface area contributed by atoms with E-state index in [1.165, 1.54) is 25.0 Å². The molecule has 1 saturated heterocycles. The second-order valence-electron chi connectivity index (χ2n) is 5.99. The van der Waals surface area contributed by atoms with E-state index < -0.39 is 0 Å². The molecule has 1 aromatic rings. The molecule has 0 aliphatic carbocycles. The molecule has 116 valence electrons. The number of hydrogen-bond acceptors (Lipinski definition) is 3. The second kappa shape index (κ2) is 8.25. The van der Waals surface area contributed by atoms with Crippen LogP contribution < -0.4 is 5.32 Å². The van der Waals surface area contributed by atoms with Gasteiger partial charge in [-0.15, -0.1) is 0 Å². The Morgan fingerprint density at radius 1 is 1.29 bits per heavy atom. The number of carbonyl (C=O) groups is 1. The minimum atomic E-state index is -0.298. The molecule has 1 aliphatic rings. The van der Waals surface area contributed by atoms with E-state index in [0.717, 1.165) is 38.5 Å². The van der Waals surface area contributed by atoms with Crippen molar-refractivity contribution in [3.8, 4) is 0 Å². The molecule has 0 amide bonds. The van der Waals surface area contributed by atoms with E-state index in [1.54, 1.807) is 12.1 Å². The molecule has 0 aromatic heterocycles. The molecule has 0 saturated carbocycles. The summed E-state index contributed by atoms with van der Waals surface area (Å²) >= 11 is 0. The first-order valence-corrected chi connectivity index (χ1v) is 7.83. The van der Waals surface area contributed by atoms with E-state index in [2.05, 4.69) is 17.3 Å². The van der Waals surface area contributed by atoms with Gasteiger partial charge in [-0.05, 0) is 76.1 Å². The van der Waals surface area contributed by atoms with Crippen LogP contribution in [0.15, 0.2) is 24.3 Å². The number of hydrogen-bond donors (Lipinski definition) is 1. The van der Waals surface area contributed by atoms with Gasteiger partial charge in [0.15, 0.2) is 5.78 Å². The quantitative estimate of drug-likeness (QED) is 0.784. The Morgan fingerprint density at radius 3 is 2.62 bits per heavy atom. The number of nitrogens with one attached hydrogen (secondary N) is 1. The second-order valence-corrected chi connectivity index (χ2v) is 5.99. The van der Waals surface area contributed by atoms with Crippen LogP contribution in [-0.2, 0) is 0 Å². The fourth-order valence-electron chi connectivity index (χ4n) is 2.89. The molecule has 0 atom stereocenters. The number of halogens is 1. The van der Waals surface area contributed by atoms with Crippen molar-refractivity contribution in [2.75, 3.05) is 33.2 Å². The lowest BCUT2D eigenvalue weighted by molar-refractivity contribution is 0.0975. The van der Waals surface area contributed by atoms with Crippen LogP contribution in [0.2, 0.25) is 0 Å². The fourth-order valence-corrected chi connectivity index (χ4v) is 2.89. The van der Waals surface area contributed by atoms with E-state index >= 15 is 0 Å². The molecule has 1 aromatic carbocycles. The predicted octanol–water partition coefficient (Wildman–Crippen LogP) is 2.72. The molecule has 2 rings (SSSR count). The van der Waals surface area contributed by atoms with E-state index in [4.69, 9.17) is 0 Å². The number of benzene rings is 1. The topological polar surface area (TPSA) is 32.3 Å². The summed E-state index contributed by atoms with van der Waals surface area (Å²) < 4.78 is 12.8. The molecule has 0 bridgehead atoms. The van der Waals surface area contributed by atoms with Gasteiger partial charge in [0.25, 0.3) is 0 Å². The molecule has 1 N–H and O–H groups in total. The monoisotopic (exact) mass is 292 g/mol. The molecule has 0 radical (unpaired) electrons. The van der Waals surface area contributed by atoms with Crippen LogP contribution in [-0.4, -0.2) is 43.9 Å². The smallest absolute Gasteiger partial charge is 0.162 e. The molecular weight excluding hydrogens is 267 g/mol. The average molecular weight is 292 g/mol. The maximum atomic E-state index is 12.8. The first-order chi connectivity index (χ1) is 10.1. The van der Waals surface area contributed by atoms with Crippen molar-refractivity contribution in [1.29, 1.82) is 0 Å². The highest BCUT2D eigenvalue weighted by molar-refractivity contribution is 5.95. The summed E-state index contributed by atoms with van der Waals surface area (Å²) in [5.41, 5.74) is 0.609. The summed E-state index contributed by atoms with van der Waals surface area (Å²) in [4.78, 5) is 14.3. The molecule has 3 nitrogen and oxygen atoms in total. The maximum Gasteiger partial charge on any atom is 0.162 e. The number of rotatable bonds is 7. The van der Waals surface area contributed by atoms with Crippen LogP contribution in [0.5, 0.6) is 0 Å². The Morgan fingerprint density at radius 2 is 1.95 bits per heavy atom. The molecular formula is C17H25FN2O. The summed E-state index contributed by atoms with van der Waals surface area (Å²) in [6.45, 7) is 4.31. The Kier molecular flexibility index (Phi) is 6.33. The largest absolute Gasteiger partial charge is 0.317 e. The van der Waals surface area contributed by atoms with Gasteiger partial charge in [0.2, 0.25) is 0 Å². The lowest BCUT2D eigenvalue weighted by Gasteiger charge is -2.27. The van der Waals surface area contributed by atoms with Crippen molar-refractivity contribution in [2.45, 2.75) is 25.7 Å². The van der Waals surface area contributed by atoms with Gasteiger partial charge in [-0.1, -0.05) is 0 Å². The van der Waals surface area contributed by atoms with Crippen molar-refractivity contribution >= 4 is 5.78 Å². The maximum absolute atomic E-state index is 12.8. The summed E-state index contributed by atoms with van der Waals surface area (Å²) in [6.07, 6.45) is 3.89. The van der Waals surface area contributed by atoms with E-state index in [-0.39, 0.29) is 11.6 Å². The highest BCUT2D eigenvalue weighted by Crippen LogP contribution is 2.13. The molecule has 1 fully saturated rings. The third kappa shape index (κ3) is 5.56. The van der Waals surface area contributed by atoms with Crippen LogP contribution >= 0.6 is 0 Å². The minimum Gasteiger partial charge on any atom is -0.317 e. The normalized spacial score (nSPS) is 16.3. The third-order valence-corrected chi connectivity index (χ3v) is 4.14.